The molecule has 0 bridgehead atoms. The van der Waals surface area contributed by atoms with Crippen molar-refractivity contribution in [1.29, 1.82) is 0 Å². The average molecular weight is 388 g/mol. The van der Waals surface area contributed by atoms with Crippen LogP contribution in [-0.4, -0.2) is 40.4 Å². The van der Waals surface area contributed by atoms with Gasteiger partial charge in [-0.25, -0.2) is 0 Å². The molecule has 2 heterocycles. The smallest absolute Gasteiger partial charge is 0.253 e. The average Bonchev–Trinajstić information content (AvgIpc) is 3.17. The minimum atomic E-state index is -0.539. The maximum absolute atomic E-state index is 13.0. The Hall–Kier alpha value is -3.21. The van der Waals surface area contributed by atoms with Gasteiger partial charge in [0.2, 0.25) is 5.78 Å². The number of H-pyrrole nitrogens is 1. The molecule has 4 rings (SSSR count). The first-order valence-corrected chi connectivity index (χ1v) is 10.0. The number of nitrogens with one attached hydrogen (secondary N) is 1. The maximum atomic E-state index is 13.0. The molecule has 1 amide bonds. The molecule has 2 aromatic carbocycles. The van der Waals surface area contributed by atoms with Crippen molar-refractivity contribution >= 4 is 28.4 Å². The summed E-state index contributed by atoms with van der Waals surface area (Å²) in [6.45, 7) is 2.73. The third kappa shape index (κ3) is 3.99. The highest BCUT2D eigenvalue weighted by molar-refractivity contribution is 6.45. The van der Waals surface area contributed by atoms with Crippen LogP contribution < -0.4 is 0 Å². The van der Waals surface area contributed by atoms with E-state index in [9.17, 15) is 14.4 Å². The summed E-state index contributed by atoms with van der Waals surface area (Å²) in [7, 11) is 0. The predicted octanol–water partition coefficient (Wildman–Crippen LogP) is 4.03. The molecule has 148 valence electrons. The lowest BCUT2D eigenvalue weighted by Gasteiger charge is -2.32. The zero-order valence-electron chi connectivity index (χ0n) is 16.5. The van der Waals surface area contributed by atoms with Crippen molar-refractivity contribution in [1.82, 2.24) is 9.88 Å². The summed E-state index contributed by atoms with van der Waals surface area (Å²) < 4.78 is 0. The first-order chi connectivity index (χ1) is 14.0. The molecule has 1 aromatic heterocycles. The van der Waals surface area contributed by atoms with Crippen LogP contribution in [0.1, 0.15) is 46.0 Å². The van der Waals surface area contributed by atoms with Gasteiger partial charge in [-0.3, -0.25) is 14.4 Å². The van der Waals surface area contributed by atoms with Crippen molar-refractivity contribution in [2.45, 2.75) is 26.2 Å². The molecule has 0 spiro atoms. The highest BCUT2D eigenvalue weighted by Gasteiger charge is 2.25. The molecule has 0 atom stereocenters. The number of Topliss-reactive ketones (excluding diaryl/α,β-unsaturated/α-hetero) is 2. The largest absolute Gasteiger partial charge is 0.360 e. The molecule has 1 aliphatic rings. The van der Waals surface area contributed by atoms with Crippen LogP contribution in [0.4, 0.5) is 0 Å². The Balaban J connectivity index is 1.46. The maximum Gasteiger partial charge on any atom is 0.253 e. The van der Waals surface area contributed by atoms with Crippen LogP contribution in [-0.2, 0) is 11.2 Å². The molecular weight excluding hydrogens is 364 g/mol. The molecule has 1 N–H and O–H groups in total. The lowest BCUT2D eigenvalue weighted by molar-refractivity contribution is -0.113. The number of carbonyl (C=O) groups is 3. The van der Waals surface area contributed by atoms with Crippen LogP contribution in [0.3, 0.4) is 0 Å². The van der Waals surface area contributed by atoms with E-state index in [1.54, 1.807) is 18.2 Å². The van der Waals surface area contributed by atoms with E-state index in [4.69, 9.17) is 0 Å². The number of fused-ring (bicyclic) bond motifs is 1. The number of nitrogens with zero attached hydrogens (tertiary/aromatic N) is 1. The molecule has 1 fully saturated rings. The number of piperidine rings is 1. The molecule has 5 nitrogen and oxygen atoms in total. The fourth-order valence-electron chi connectivity index (χ4n) is 4.10. The monoisotopic (exact) mass is 388 g/mol. The van der Waals surface area contributed by atoms with Crippen LogP contribution >= 0.6 is 0 Å². The van der Waals surface area contributed by atoms with Gasteiger partial charge in [-0.15, -0.1) is 0 Å². The van der Waals surface area contributed by atoms with Gasteiger partial charge in [0.05, 0.1) is 5.56 Å². The van der Waals surface area contributed by atoms with Gasteiger partial charge in [0.1, 0.15) is 0 Å². The van der Waals surface area contributed by atoms with Gasteiger partial charge >= 0.3 is 0 Å². The molecule has 0 radical (unpaired) electrons. The first-order valence-electron chi connectivity index (χ1n) is 10.0. The van der Waals surface area contributed by atoms with E-state index in [-0.39, 0.29) is 5.91 Å². The van der Waals surface area contributed by atoms with Crippen molar-refractivity contribution in [3.63, 3.8) is 0 Å². The third-order valence-corrected chi connectivity index (χ3v) is 5.76. The fraction of sp³-hybridized carbons (Fsp3) is 0.292. The van der Waals surface area contributed by atoms with Crippen LogP contribution in [0.2, 0.25) is 0 Å². The van der Waals surface area contributed by atoms with Gasteiger partial charge in [0.15, 0.2) is 5.78 Å². The number of carbonyl (C=O) groups excluding carboxylic acids is 3. The second-order valence-corrected chi connectivity index (χ2v) is 7.77. The molecule has 1 aliphatic heterocycles. The Morgan fingerprint density at radius 1 is 1.03 bits per heavy atom. The number of hydrogen-bond donors (Lipinski definition) is 1. The topological polar surface area (TPSA) is 70.2 Å². The van der Waals surface area contributed by atoms with Crippen molar-refractivity contribution < 1.29 is 14.4 Å². The number of likely N-dealkylation sites (tertiary alicyclic amines) is 1. The molecular formula is C24H24N2O3. The number of ketones is 2. The second kappa shape index (κ2) is 8.03. The number of rotatable bonds is 5. The zero-order chi connectivity index (χ0) is 20.4. The summed E-state index contributed by atoms with van der Waals surface area (Å²) in [4.78, 5) is 41.5. The molecule has 0 aliphatic carbocycles. The van der Waals surface area contributed by atoms with Crippen LogP contribution in [0.25, 0.3) is 10.9 Å². The Morgan fingerprint density at radius 3 is 2.45 bits per heavy atom. The van der Waals surface area contributed by atoms with Crippen molar-refractivity contribution in [2.24, 2.45) is 5.92 Å². The van der Waals surface area contributed by atoms with E-state index < -0.39 is 11.6 Å². The lowest BCUT2D eigenvalue weighted by atomic mass is 9.90. The SMILES string of the molecule is CC(=O)C(=O)c1c[nH]c2ccc(C(=O)N3CCC(Cc4ccccc4)CC3)cc12. The summed E-state index contributed by atoms with van der Waals surface area (Å²) in [6.07, 6.45) is 4.56. The standard InChI is InChI=1S/C24H24N2O3/c1-16(27)23(28)21-15-25-22-8-7-19(14-20(21)22)24(29)26-11-9-18(10-12-26)13-17-5-3-2-4-6-17/h2-8,14-15,18,25H,9-13H2,1H3. The number of aromatic amines is 1. The van der Waals surface area contributed by atoms with E-state index in [0.717, 1.165) is 37.9 Å². The lowest BCUT2D eigenvalue weighted by Crippen LogP contribution is -2.38. The molecule has 29 heavy (non-hydrogen) atoms. The van der Waals surface area contributed by atoms with Gasteiger partial charge in [-0.2, -0.15) is 0 Å². The minimum Gasteiger partial charge on any atom is -0.360 e. The molecule has 3 aromatic rings. The quantitative estimate of drug-likeness (QED) is 0.530. The van der Waals surface area contributed by atoms with Crippen molar-refractivity contribution in [3.05, 3.63) is 71.4 Å². The molecule has 5 heteroatoms. The minimum absolute atomic E-state index is 0.0208. The third-order valence-electron chi connectivity index (χ3n) is 5.76. The highest BCUT2D eigenvalue weighted by atomic mass is 16.2. The number of amides is 1. The van der Waals surface area contributed by atoms with E-state index in [1.807, 2.05) is 11.0 Å². The molecule has 0 unspecified atom stereocenters. The number of hydrogen-bond acceptors (Lipinski definition) is 3. The van der Waals surface area contributed by atoms with Crippen molar-refractivity contribution in [2.75, 3.05) is 13.1 Å². The van der Waals surface area contributed by atoms with E-state index in [0.29, 0.717) is 22.4 Å². The second-order valence-electron chi connectivity index (χ2n) is 7.77. The summed E-state index contributed by atoms with van der Waals surface area (Å²) in [5, 5.41) is 0.620. The molecule has 1 saturated heterocycles. The van der Waals surface area contributed by atoms with Gasteiger partial charge in [-0.05, 0) is 48.9 Å². The summed E-state index contributed by atoms with van der Waals surface area (Å²) in [5.74, 6) is -0.480. The number of benzene rings is 2. The summed E-state index contributed by atoms with van der Waals surface area (Å²) in [5.41, 5.74) is 2.96. The van der Waals surface area contributed by atoms with E-state index in [1.165, 1.54) is 18.7 Å². The summed E-state index contributed by atoms with van der Waals surface area (Å²) in [6, 6.07) is 15.8. The van der Waals surface area contributed by atoms with E-state index in [2.05, 4.69) is 29.2 Å². The Morgan fingerprint density at radius 2 is 1.76 bits per heavy atom. The Kier molecular flexibility index (Phi) is 5.30. The van der Waals surface area contributed by atoms with Crippen LogP contribution in [0, 0.1) is 5.92 Å². The van der Waals surface area contributed by atoms with Crippen molar-refractivity contribution in [3.8, 4) is 0 Å². The number of aromatic nitrogens is 1. The zero-order valence-corrected chi connectivity index (χ0v) is 16.5. The molecule has 0 saturated carbocycles. The van der Waals surface area contributed by atoms with Crippen LogP contribution in [0.15, 0.2) is 54.7 Å². The normalized spacial score (nSPS) is 14.9. The van der Waals surface area contributed by atoms with E-state index >= 15 is 0 Å². The van der Waals surface area contributed by atoms with Gasteiger partial charge in [0, 0.05) is 42.7 Å². The highest BCUT2D eigenvalue weighted by Crippen LogP contribution is 2.25. The van der Waals surface area contributed by atoms with Crippen LogP contribution in [0.5, 0.6) is 0 Å². The fourth-order valence-corrected chi connectivity index (χ4v) is 4.10. The Labute approximate surface area is 169 Å². The van der Waals surface area contributed by atoms with Gasteiger partial charge < -0.3 is 9.88 Å². The Bertz CT molecular complexity index is 1060. The van der Waals surface area contributed by atoms with Gasteiger partial charge in [0.25, 0.3) is 5.91 Å². The van der Waals surface area contributed by atoms with Gasteiger partial charge in [-0.1, -0.05) is 30.3 Å². The summed E-state index contributed by atoms with van der Waals surface area (Å²) >= 11 is 0. The first kappa shape index (κ1) is 19.1. The predicted molar refractivity (Wildman–Crippen MR) is 112 cm³/mol.